The van der Waals surface area contributed by atoms with Crippen LogP contribution in [0.1, 0.15) is 42.6 Å². The van der Waals surface area contributed by atoms with Gasteiger partial charge in [-0.3, -0.25) is 29.3 Å². The molecular weight excluding hydrogens is 572 g/mol. The third-order valence-electron chi connectivity index (χ3n) is 8.34. The molecule has 14 heteroatoms. The highest BCUT2D eigenvalue weighted by Gasteiger charge is 2.58. The summed E-state index contributed by atoms with van der Waals surface area (Å²) >= 11 is 0. The predicted molar refractivity (Wildman–Crippen MR) is 147 cm³/mol. The second-order valence-electron chi connectivity index (χ2n) is 11.3. The van der Waals surface area contributed by atoms with Gasteiger partial charge in [-0.2, -0.15) is 18.3 Å². The summed E-state index contributed by atoms with van der Waals surface area (Å²) in [6.07, 6.45) is -2.96. The number of hydrogen-bond donors (Lipinski definition) is 1. The number of piperidine rings is 1. The number of imide groups is 1. The molecule has 43 heavy (non-hydrogen) atoms. The monoisotopic (exact) mass is 602 g/mol. The fourth-order valence-corrected chi connectivity index (χ4v) is 6.06. The summed E-state index contributed by atoms with van der Waals surface area (Å²) in [4.78, 5) is 58.7. The van der Waals surface area contributed by atoms with Crippen molar-refractivity contribution in [3.05, 3.63) is 59.5 Å². The maximum Gasteiger partial charge on any atom is 0.416 e. The lowest BCUT2D eigenvalue weighted by Crippen LogP contribution is -2.60. The lowest BCUT2D eigenvalue weighted by molar-refractivity contribution is -0.141. The highest BCUT2D eigenvalue weighted by atomic mass is 19.4. The van der Waals surface area contributed by atoms with Crippen LogP contribution < -0.4 is 4.90 Å². The smallest absolute Gasteiger partial charge is 0.341 e. The Morgan fingerprint density at radius 3 is 2.37 bits per heavy atom. The average Bonchev–Trinajstić information content (AvgIpc) is 3.49. The number of H-pyrrole nitrogens is 1. The summed E-state index contributed by atoms with van der Waals surface area (Å²) in [5.74, 6) is -3.58. The summed E-state index contributed by atoms with van der Waals surface area (Å²) in [5, 5.41) is 7.59. The first kappa shape index (κ1) is 30.0. The molecule has 0 aliphatic carbocycles. The molecule has 5 rings (SSSR count). The van der Waals surface area contributed by atoms with Gasteiger partial charge in [0.05, 0.1) is 22.8 Å². The Morgan fingerprint density at radius 1 is 1.07 bits per heavy atom. The number of rotatable bonds is 5. The van der Waals surface area contributed by atoms with Crippen molar-refractivity contribution < 1.29 is 36.7 Å². The zero-order valence-electron chi connectivity index (χ0n) is 23.9. The molecule has 0 saturated carbocycles. The maximum atomic E-state index is 14.5. The van der Waals surface area contributed by atoms with Gasteiger partial charge in [0.1, 0.15) is 17.4 Å². The third kappa shape index (κ3) is 4.97. The molecule has 10 nitrogen and oxygen atoms in total. The normalized spacial score (nSPS) is 17.8. The third-order valence-corrected chi connectivity index (χ3v) is 8.34. The maximum absolute atomic E-state index is 14.5. The number of hydrogen-bond acceptors (Lipinski definition) is 5. The second-order valence-corrected chi connectivity index (χ2v) is 11.3. The highest BCUT2D eigenvalue weighted by molar-refractivity contribution is 6.17. The number of carbonyl (C=O) groups is 4. The number of alkyl halides is 3. The van der Waals surface area contributed by atoms with Crippen LogP contribution in [-0.4, -0.2) is 87.4 Å². The zero-order valence-corrected chi connectivity index (χ0v) is 23.9. The van der Waals surface area contributed by atoms with Crippen LogP contribution in [0.2, 0.25) is 0 Å². The molecule has 2 fully saturated rings. The number of benzene rings is 2. The molecule has 1 N–H and O–H groups in total. The van der Waals surface area contributed by atoms with Crippen LogP contribution in [0, 0.1) is 11.7 Å². The molecule has 1 unspecified atom stereocenters. The van der Waals surface area contributed by atoms with Crippen LogP contribution >= 0.6 is 0 Å². The van der Waals surface area contributed by atoms with Crippen molar-refractivity contribution in [3.63, 3.8) is 0 Å². The summed E-state index contributed by atoms with van der Waals surface area (Å²) in [6, 6.07) is 5.16. The van der Waals surface area contributed by atoms with Crippen LogP contribution in [0.4, 0.5) is 28.0 Å². The minimum absolute atomic E-state index is 0.0688. The molecule has 0 bridgehead atoms. The number of urea groups is 1. The van der Waals surface area contributed by atoms with E-state index in [1.54, 1.807) is 38.2 Å². The Labute approximate surface area is 244 Å². The standard InChI is InChI=1S/C29H30F4N6O4/c1-16(2)23(36(3)24(40)20-14-18(29(31,32)33)5-7-21(20)30)25(41)38-11-9-28(10-12-38)26(42)37(4)27(43)39(28)19-6-8-22-17(13-19)15-34-35-22/h5-8,13-16,23H,9-12H2,1-4H3,(H,34,35). The van der Waals surface area contributed by atoms with E-state index >= 15 is 0 Å². The number of nitrogens with zero attached hydrogens (tertiary/aromatic N) is 5. The molecule has 5 amide bonds. The number of aromatic nitrogens is 2. The Bertz CT molecular complexity index is 1610. The lowest BCUT2D eigenvalue weighted by atomic mass is 9.84. The van der Waals surface area contributed by atoms with Gasteiger partial charge >= 0.3 is 12.2 Å². The van der Waals surface area contributed by atoms with E-state index in [9.17, 15) is 36.7 Å². The summed E-state index contributed by atoms with van der Waals surface area (Å²) in [6.45, 7) is 3.48. The molecule has 228 valence electrons. The highest BCUT2D eigenvalue weighted by Crippen LogP contribution is 2.41. The van der Waals surface area contributed by atoms with Gasteiger partial charge in [-0.15, -0.1) is 0 Å². The minimum atomic E-state index is -4.79. The number of likely N-dealkylation sites (N-methyl/N-ethyl adjacent to an activating group) is 2. The van der Waals surface area contributed by atoms with Gasteiger partial charge in [0, 0.05) is 38.3 Å². The summed E-state index contributed by atoms with van der Waals surface area (Å²) in [7, 11) is 2.65. The van der Waals surface area contributed by atoms with Crippen molar-refractivity contribution in [3.8, 4) is 0 Å². The molecule has 1 spiro atoms. The number of fused-ring (bicyclic) bond motifs is 1. The van der Waals surface area contributed by atoms with Crippen LogP contribution in [-0.2, 0) is 15.8 Å². The lowest BCUT2D eigenvalue weighted by Gasteiger charge is -2.44. The Morgan fingerprint density at radius 2 is 1.74 bits per heavy atom. The van der Waals surface area contributed by atoms with Crippen molar-refractivity contribution in [1.29, 1.82) is 0 Å². The van der Waals surface area contributed by atoms with E-state index in [0.717, 1.165) is 20.7 Å². The first-order valence-corrected chi connectivity index (χ1v) is 13.7. The topological polar surface area (TPSA) is 110 Å². The second kappa shape index (κ2) is 10.7. The van der Waals surface area contributed by atoms with Gasteiger partial charge < -0.3 is 9.80 Å². The van der Waals surface area contributed by atoms with E-state index < -0.39 is 64.4 Å². The van der Waals surface area contributed by atoms with Gasteiger partial charge in [0.15, 0.2) is 0 Å². The first-order valence-electron chi connectivity index (χ1n) is 13.7. The average molecular weight is 603 g/mol. The molecule has 2 aliphatic rings. The zero-order chi connectivity index (χ0) is 31.4. The number of anilines is 1. The molecule has 3 aromatic rings. The van der Waals surface area contributed by atoms with Crippen LogP contribution in [0.15, 0.2) is 42.6 Å². The fraction of sp³-hybridized carbons (Fsp3) is 0.414. The SMILES string of the molecule is CC(C)C(C(=O)N1CCC2(CC1)C(=O)N(C)C(=O)N2c1ccc2[nH]ncc2c1)N(C)C(=O)c1cc(C(F)(F)F)ccc1F. The number of halogens is 4. The number of nitrogens with one attached hydrogen (secondary N) is 1. The van der Waals surface area contributed by atoms with Crippen molar-refractivity contribution in [2.75, 3.05) is 32.1 Å². The summed E-state index contributed by atoms with van der Waals surface area (Å²) < 4.78 is 54.3. The molecule has 1 aromatic heterocycles. The predicted octanol–water partition coefficient (Wildman–Crippen LogP) is 4.28. The van der Waals surface area contributed by atoms with Crippen LogP contribution in [0.3, 0.4) is 0 Å². The van der Waals surface area contributed by atoms with Crippen LogP contribution in [0.25, 0.3) is 10.9 Å². The summed E-state index contributed by atoms with van der Waals surface area (Å²) in [5.41, 5.74) is -1.96. The van der Waals surface area contributed by atoms with E-state index in [2.05, 4.69) is 10.2 Å². The van der Waals surface area contributed by atoms with E-state index in [1.807, 2.05) is 0 Å². The van der Waals surface area contributed by atoms with E-state index in [0.29, 0.717) is 23.9 Å². The molecule has 0 radical (unpaired) electrons. The fourth-order valence-electron chi connectivity index (χ4n) is 6.06. The van der Waals surface area contributed by atoms with Gasteiger partial charge in [0.2, 0.25) is 5.91 Å². The molecule has 2 saturated heterocycles. The van der Waals surface area contributed by atoms with Gasteiger partial charge in [-0.1, -0.05) is 13.8 Å². The Balaban J connectivity index is 1.38. The van der Waals surface area contributed by atoms with Crippen molar-refractivity contribution in [2.24, 2.45) is 5.92 Å². The molecular formula is C29H30F4N6O4. The largest absolute Gasteiger partial charge is 0.416 e. The van der Waals surface area contributed by atoms with E-state index in [-0.39, 0.29) is 25.9 Å². The Hall–Kier alpha value is -4.49. The van der Waals surface area contributed by atoms with Crippen molar-refractivity contribution in [1.82, 2.24) is 24.9 Å². The van der Waals surface area contributed by atoms with E-state index in [4.69, 9.17) is 0 Å². The number of carbonyl (C=O) groups excluding carboxylic acids is 4. The molecule has 2 aromatic carbocycles. The van der Waals surface area contributed by atoms with Crippen molar-refractivity contribution in [2.45, 2.75) is 44.4 Å². The van der Waals surface area contributed by atoms with Gasteiger partial charge in [-0.05, 0) is 55.2 Å². The van der Waals surface area contributed by atoms with Gasteiger partial charge in [-0.25, -0.2) is 9.18 Å². The Kier molecular flexibility index (Phi) is 7.43. The first-order chi connectivity index (χ1) is 20.2. The number of aromatic amines is 1. The van der Waals surface area contributed by atoms with Crippen molar-refractivity contribution >= 4 is 40.3 Å². The number of amides is 5. The molecule has 2 aliphatic heterocycles. The minimum Gasteiger partial charge on any atom is -0.341 e. The number of likely N-dealkylation sites (tertiary alicyclic amines) is 1. The molecule has 3 heterocycles. The molecule has 1 atom stereocenters. The van der Waals surface area contributed by atoms with Gasteiger partial charge in [0.25, 0.3) is 11.8 Å². The van der Waals surface area contributed by atoms with Crippen LogP contribution in [0.5, 0.6) is 0 Å². The van der Waals surface area contributed by atoms with E-state index in [1.165, 1.54) is 23.9 Å². The quantitative estimate of drug-likeness (QED) is 0.347.